The molecule has 0 atom stereocenters. The summed E-state index contributed by atoms with van der Waals surface area (Å²) in [5.41, 5.74) is 4.08. The minimum absolute atomic E-state index is 0. The van der Waals surface area contributed by atoms with E-state index in [0.717, 1.165) is 0 Å². The molecule has 0 aromatic rings. The molecule has 0 saturated heterocycles. The van der Waals surface area contributed by atoms with Crippen LogP contribution in [0.5, 0.6) is 0 Å². The largest absolute Gasteiger partial charge is 0.385 e. The van der Waals surface area contributed by atoms with Gasteiger partial charge in [0.25, 0.3) is 0 Å². The average molecular weight is 137 g/mol. The van der Waals surface area contributed by atoms with Crippen LogP contribution >= 0.6 is 12.4 Å². The Balaban J connectivity index is 0.000000490. The van der Waals surface area contributed by atoms with E-state index in [1.54, 1.807) is 0 Å². The Kier molecular flexibility index (Phi) is 1.85. The first kappa shape index (κ1) is 7.72. The molecule has 0 amide bonds. The minimum atomic E-state index is -0.889. The van der Waals surface area contributed by atoms with Crippen LogP contribution in [0.3, 0.4) is 0 Å². The molecule has 0 bridgehead atoms. The summed E-state index contributed by atoms with van der Waals surface area (Å²) >= 11 is 0. The summed E-state index contributed by atoms with van der Waals surface area (Å²) in [4.78, 5) is 0. The molecule has 1 fully saturated rings. The van der Waals surface area contributed by atoms with Gasteiger partial charge in [0.2, 0.25) is 0 Å². The van der Waals surface area contributed by atoms with Crippen molar-refractivity contribution in [1.29, 1.82) is 5.41 Å². The van der Waals surface area contributed by atoms with E-state index in [-0.39, 0.29) is 18.2 Å². The van der Waals surface area contributed by atoms with Crippen molar-refractivity contribution in [2.24, 2.45) is 5.73 Å². The molecule has 1 aliphatic rings. The molecule has 0 aromatic carbocycles. The average Bonchev–Trinajstić information content (AvgIpc) is 2.21. The van der Waals surface area contributed by atoms with Gasteiger partial charge in [-0.1, -0.05) is 0 Å². The molecule has 1 rings (SSSR count). The lowest BCUT2D eigenvalue weighted by atomic mass is 10.3. The van der Waals surface area contributed by atoms with Gasteiger partial charge in [0, 0.05) is 0 Å². The highest BCUT2D eigenvalue weighted by atomic mass is 35.5. The smallest absolute Gasteiger partial charge is 0.123 e. The molecule has 0 unspecified atom stereocenters. The van der Waals surface area contributed by atoms with E-state index in [0.29, 0.717) is 12.8 Å². The second-order valence-corrected chi connectivity index (χ2v) is 1.95. The van der Waals surface area contributed by atoms with Crippen molar-refractivity contribution >= 4 is 18.2 Å². The molecule has 4 heteroatoms. The van der Waals surface area contributed by atoms with Crippen molar-refractivity contribution in [3.8, 4) is 0 Å². The maximum atomic E-state index is 8.86. The van der Waals surface area contributed by atoms with Gasteiger partial charge in [0.15, 0.2) is 0 Å². The van der Waals surface area contributed by atoms with Gasteiger partial charge in [0.1, 0.15) is 11.4 Å². The third-order valence-electron chi connectivity index (χ3n) is 1.22. The van der Waals surface area contributed by atoms with Crippen LogP contribution in [-0.4, -0.2) is 16.5 Å². The van der Waals surface area contributed by atoms with E-state index in [9.17, 15) is 0 Å². The lowest BCUT2D eigenvalue weighted by Crippen LogP contribution is -2.28. The molecule has 4 N–H and O–H groups in total. The summed E-state index contributed by atoms with van der Waals surface area (Å²) < 4.78 is 0. The first-order chi connectivity index (χ1) is 3.15. The van der Waals surface area contributed by atoms with Crippen molar-refractivity contribution < 1.29 is 5.11 Å². The van der Waals surface area contributed by atoms with Crippen LogP contribution in [0.4, 0.5) is 0 Å². The van der Waals surface area contributed by atoms with Crippen molar-refractivity contribution in [3.05, 3.63) is 0 Å². The number of aliphatic hydroxyl groups is 1. The molecule has 3 nitrogen and oxygen atoms in total. The van der Waals surface area contributed by atoms with E-state index in [4.69, 9.17) is 16.2 Å². The lowest BCUT2D eigenvalue weighted by Gasteiger charge is -2.00. The first-order valence-corrected chi connectivity index (χ1v) is 2.22. The number of nitrogens with two attached hydrogens (primary N) is 1. The number of hydrogen-bond donors (Lipinski definition) is 3. The summed E-state index contributed by atoms with van der Waals surface area (Å²) in [6.45, 7) is 0. The van der Waals surface area contributed by atoms with Crippen LogP contribution in [0.1, 0.15) is 12.8 Å². The Bertz CT molecular complexity index is 111. The number of amidine groups is 1. The van der Waals surface area contributed by atoms with Crippen LogP contribution < -0.4 is 5.73 Å². The van der Waals surface area contributed by atoms with Crippen LogP contribution in [-0.2, 0) is 0 Å². The normalized spacial score (nSPS) is 21.1. The Hall–Kier alpha value is -0.280. The molecule has 1 aliphatic carbocycles. The molecule has 0 aliphatic heterocycles. The monoisotopic (exact) mass is 136 g/mol. The molecule has 0 heterocycles. The predicted octanol–water partition coefficient (Wildman–Crippen LogP) is -0.131. The first-order valence-electron chi connectivity index (χ1n) is 2.22. The maximum Gasteiger partial charge on any atom is 0.123 e. The van der Waals surface area contributed by atoms with Crippen LogP contribution in [0.15, 0.2) is 0 Å². The molecule has 0 spiro atoms. The minimum Gasteiger partial charge on any atom is -0.385 e. The van der Waals surface area contributed by atoms with Gasteiger partial charge < -0.3 is 10.8 Å². The van der Waals surface area contributed by atoms with Crippen molar-refractivity contribution in [1.82, 2.24) is 0 Å². The second-order valence-electron chi connectivity index (χ2n) is 1.95. The number of halogens is 1. The van der Waals surface area contributed by atoms with Crippen LogP contribution in [0.25, 0.3) is 0 Å². The summed E-state index contributed by atoms with van der Waals surface area (Å²) in [6, 6.07) is 0. The van der Waals surface area contributed by atoms with E-state index >= 15 is 0 Å². The van der Waals surface area contributed by atoms with E-state index < -0.39 is 5.60 Å². The predicted molar refractivity (Wildman–Crippen MR) is 33.3 cm³/mol. The molecule has 0 aromatic heterocycles. The Morgan fingerprint density at radius 3 is 2.00 bits per heavy atom. The van der Waals surface area contributed by atoms with Crippen molar-refractivity contribution in [3.63, 3.8) is 0 Å². The van der Waals surface area contributed by atoms with Crippen molar-refractivity contribution in [2.75, 3.05) is 0 Å². The molecule has 8 heavy (non-hydrogen) atoms. The summed E-state index contributed by atoms with van der Waals surface area (Å²) in [7, 11) is 0. The molecule has 0 radical (unpaired) electrons. The summed E-state index contributed by atoms with van der Waals surface area (Å²) in [6.07, 6.45) is 1.34. The van der Waals surface area contributed by atoms with Gasteiger partial charge in [-0.25, -0.2) is 0 Å². The zero-order chi connectivity index (χ0) is 5.49. The molecule has 48 valence electrons. The standard InChI is InChI=1S/C4H8N2O.ClH/c5-3(6)4(7)1-2-4;/h7H,1-2H2,(H3,5,6);1H. The molecular weight excluding hydrogens is 128 g/mol. The lowest BCUT2D eigenvalue weighted by molar-refractivity contribution is 0.219. The highest BCUT2D eigenvalue weighted by molar-refractivity contribution is 5.88. The third-order valence-corrected chi connectivity index (χ3v) is 1.22. The van der Waals surface area contributed by atoms with Crippen molar-refractivity contribution in [2.45, 2.75) is 18.4 Å². The van der Waals surface area contributed by atoms with Gasteiger partial charge in [-0.3, -0.25) is 5.41 Å². The third kappa shape index (κ3) is 1.11. The fourth-order valence-corrected chi connectivity index (χ4v) is 0.388. The highest BCUT2D eigenvalue weighted by Gasteiger charge is 2.43. The fraction of sp³-hybridized carbons (Fsp3) is 0.750. The van der Waals surface area contributed by atoms with Gasteiger partial charge in [0.05, 0.1) is 0 Å². The number of rotatable bonds is 1. The Labute approximate surface area is 53.8 Å². The number of hydrogen-bond acceptors (Lipinski definition) is 2. The summed E-state index contributed by atoms with van der Waals surface area (Å²) in [5, 5.41) is 15.6. The Morgan fingerprint density at radius 2 is 2.00 bits per heavy atom. The summed E-state index contributed by atoms with van der Waals surface area (Å²) in [5.74, 6) is -0.0903. The highest BCUT2D eigenvalue weighted by Crippen LogP contribution is 2.34. The second kappa shape index (κ2) is 1.91. The number of nitrogens with one attached hydrogen (secondary N) is 1. The van der Waals surface area contributed by atoms with E-state index in [1.165, 1.54) is 0 Å². The zero-order valence-electron chi connectivity index (χ0n) is 4.35. The molecule has 1 saturated carbocycles. The molecular formula is C4H9ClN2O. The van der Waals surface area contributed by atoms with Gasteiger partial charge in [-0.15, -0.1) is 12.4 Å². The quantitative estimate of drug-likeness (QED) is 0.347. The SMILES string of the molecule is Cl.N=C(N)C1(O)CC1. The van der Waals surface area contributed by atoms with E-state index in [2.05, 4.69) is 0 Å². The maximum absolute atomic E-state index is 8.86. The van der Waals surface area contributed by atoms with Crippen LogP contribution in [0, 0.1) is 5.41 Å². The van der Waals surface area contributed by atoms with Crippen LogP contribution in [0.2, 0.25) is 0 Å². The fourth-order valence-electron chi connectivity index (χ4n) is 0.388. The van der Waals surface area contributed by atoms with Gasteiger partial charge in [-0.05, 0) is 12.8 Å². The van der Waals surface area contributed by atoms with Gasteiger partial charge in [-0.2, -0.15) is 0 Å². The topological polar surface area (TPSA) is 70.1 Å². The van der Waals surface area contributed by atoms with E-state index in [1.807, 2.05) is 0 Å². The Morgan fingerprint density at radius 1 is 1.62 bits per heavy atom. The zero-order valence-corrected chi connectivity index (χ0v) is 5.16. The van der Waals surface area contributed by atoms with Gasteiger partial charge >= 0.3 is 0 Å².